The van der Waals surface area contributed by atoms with Crippen molar-refractivity contribution in [2.24, 2.45) is 0 Å². The number of halogens is 3. The fourth-order valence-corrected chi connectivity index (χ4v) is 2.23. The molecule has 0 amide bonds. The van der Waals surface area contributed by atoms with E-state index in [1.165, 1.54) is 18.7 Å². The number of benzene rings is 1. The molecule has 0 aliphatic heterocycles. The van der Waals surface area contributed by atoms with E-state index >= 15 is 0 Å². The molecule has 0 fully saturated rings. The Hall–Kier alpha value is -3.43. The highest BCUT2D eigenvalue weighted by Gasteiger charge is 2.29. The molecule has 0 saturated carbocycles. The van der Waals surface area contributed by atoms with Crippen LogP contribution >= 0.6 is 0 Å². The highest BCUT2D eigenvalue weighted by atomic mass is 19.4. The Labute approximate surface area is 152 Å². The summed E-state index contributed by atoms with van der Waals surface area (Å²) in [5.74, 6) is 1.58. The van der Waals surface area contributed by atoms with Crippen LogP contribution in [-0.4, -0.2) is 39.8 Å². The van der Waals surface area contributed by atoms with Gasteiger partial charge in [-0.25, -0.2) is 19.9 Å². The number of para-hydroxylation sites is 2. The lowest BCUT2D eigenvalue weighted by molar-refractivity contribution is -0.153. The summed E-state index contributed by atoms with van der Waals surface area (Å²) in [5, 5.41) is 3.00. The van der Waals surface area contributed by atoms with Crippen molar-refractivity contribution in [3.63, 3.8) is 0 Å². The first kappa shape index (κ1) is 18.4. The average Bonchev–Trinajstić information content (AvgIpc) is 2.66. The Bertz CT molecular complexity index is 891. The van der Waals surface area contributed by atoms with Crippen molar-refractivity contribution >= 4 is 23.1 Å². The van der Waals surface area contributed by atoms with E-state index in [-0.39, 0.29) is 5.75 Å². The lowest BCUT2D eigenvalue weighted by Gasteiger charge is -2.22. The molecule has 0 spiro atoms. The van der Waals surface area contributed by atoms with E-state index in [1.54, 1.807) is 48.5 Å². The van der Waals surface area contributed by atoms with Crippen LogP contribution in [0.2, 0.25) is 0 Å². The highest BCUT2D eigenvalue weighted by Crippen LogP contribution is 2.33. The number of anilines is 4. The van der Waals surface area contributed by atoms with Crippen LogP contribution in [0.3, 0.4) is 0 Å². The number of hydrogen-bond acceptors (Lipinski definition) is 7. The highest BCUT2D eigenvalue weighted by molar-refractivity contribution is 5.68. The molecule has 2 heterocycles. The van der Waals surface area contributed by atoms with Gasteiger partial charge in [0.05, 0.1) is 5.69 Å². The maximum atomic E-state index is 12.5. The second kappa shape index (κ2) is 7.85. The fraction of sp³-hybridized carbons (Fsp3) is 0.176. The molecular formula is C17H15F3N6O. The first-order chi connectivity index (χ1) is 12.9. The quantitative estimate of drug-likeness (QED) is 0.703. The molecule has 3 rings (SSSR count). The van der Waals surface area contributed by atoms with Crippen molar-refractivity contribution in [2.45, 2.75) is 6.18 Å². The monoisotopic (exact) mass is 376 g/mol. The molecule has 140 valence electrons. The summed E-state index contributed by atoms with van der Waals surface area (Å²) in [6.45, 7) is -1.37. The van der Waals surface area contributed by atoms with Gasteiger partial charge in [0.15, 0.2) is 6.61 Å². The maximum Gasteiger partial charge on any atom is 0.422 e. The van der Waals surface area contributed by atoms with Gasteiger partial charge < -0.3 is 15.0 Å². The largest absolute Gasteiger partial charge is 0.482 e. The normalized spacial score (nSPS) is 11.1. The van der Waals surface area contributed by atoms with Gasteiger partial charge in [0.1, 0.15) is 35.9 Å². The molecule has 1 N–H and O–H groups in total. The third-order valence-corrected chi connectivity index (χ3v) is 3.45. The summed E-state index contributed by atoms with van der Waals surface area (Å²) in [4.78, 5) is 17.8. The van der Waals surface area contributed by atoms with Crippen molar-refractivity contribution in [3.05, 3.63) is 55.2 Å². The van der Waals surface area contributed by atoms with Crippen LogP contribution in [0.5, 0.6) is 5.75 Å². The minimum atomic E-state index is -4.42. The van der Waals surface area contributed by atoms with Gasteiger partial charge in [-0.05, 0) is 18.2 Å². The molecule has 0 saturated heterocycles. The van der Waals surface area contributed by atoms with Gasteiger partial charge in [0.25, 0.3) is 0 Å². The summed E-state index contributed by atoms with van der Waals surface area (Å²) >= 11 is 0. The molecule has 7 nitrogen and oxygen atoms in total. The number of alkyl halides is 3. The first-order valence-corrected chi connectivity index (χ1v) is 7.80. The molecule has 10 heteroatoms. The number of ether oxygens (including phenoxy) is 1. The smallest absolute Gasteiger partial charge is 0.422 e. The molecule has 1 aromatic carbocycles. The lowest BCUT2D eigenvalue weighted by Crippen LogP contribution is -2.20. The summed E-state index contributed by atoms with van der Waals surface area (Å²) in [7, 11) is 1.67. The first-order valence-electron chi connectivity index (χ1n) is 7.80. The number of nitrogens with one attached hydrogen (secondary N) is 1. The predicted octanol–water partition coefficient (Wildman–Crippen LogP) is 3.72. The third kappa shape index (κ3) is 5.03. The van der Waals surface area contributed by atoms with E-state index in [1.807, 2.05) is 0 Å². The second-order valence-electron chi connectivity index (χ2n) is 5.41. The second-order valence-corrected chi connectivity index (χ2v) is 5.41. The molecule has 2 aromatic heterocycles. The van der Waals surface area contributed by atoms with Gasteiger partial charge in [0, 0.05) is 19.3 Å². The standard InChI is InChI=1S/C17H15F3N6O/c1-26(12-4-2-3-5-13(12)27-9-17(18,19)20)16-8-15(23-11-24-16)25-14-6-7-21-10-22-14/h2-8,10-11H,9H2,1H3,(H,21,22,23,24,25). The van der Waals surface area contributed by atoms with Crippen LogP contribution in [-0.2, 0) is 0 Å². The van der Waals surface area contributed by atoms with Gasteiger partial charge in [-0.2, -0.15) is 13.2 Å². The Morgan fingerprint density at radius 1 is 1.04 bits per heavy atom. The molecular weight excluding hydrogens is 361 g/mol. The topological polar surface area (TPSA) is 76.1 Å². The minimum Gasteiger partial charge on any atom is -0.482 e. The van der Waals surface area contributed by atoms with Gasteiger partial charge in [0.2, 0.25) is 0 Å². The SMILES string of the molecule is CN(c1cc(Nc2ccncn2)ncn1)c1ccccc1OCC(F)(F)F. The zero-order chi connectivity index (χ0) is 19.3. The predicted molar refractivity (Wildman–Crippen MR) is 93.4 cm³/mol. The molecule has 0 unspecified atom stereocenters. The van der Waals surface area contributed by atoms with E-state index in [0.717, 1.165) is 0 Å². The van der Waals surface area contributed by atoms with Crippen molar-refractivity contribution < 1.29 is 17.9 Å². The molecule has 0 atom stereocenters. The summed E-state index contributed by atoms with van der Waals surface area (Å²) in [6.07, 6.45) is -0.105. The van der Waals surface area contributed by atoms with Crippen molar-refractivity contribution in [2.75, 3.05) is 23.9 Å². The summed E-state index contributed by atoms with van der Waals surface area (Å²) in [5.41, 5.74) is 0.438. The van der Waals surface area contributed by atoms with Crippen LogP contribution in [0, 0.1) is 0 Å². The number of aromatic nitrogens is 4. The number of nitrogens with zero attached hydrogens (tertiary/aromatic N) is 5. The van der Waals surface area contributed by atoms with Gasteiger partial charge in [-0.3, -0.25) is 0 Å². The van der Waals surface area contributed by atoms with Gasteiger partial charge in [-0.15, -0.1) is 0 Å². The van der Waals surface area contributed by atoms with E-state index in [4.69, 9.17) is 4.74 Å². The van der Waals surface area contributed by atoms with E-state index in [2.05, 4.69) is 25.3 Å². The Morgan fingerprint density at radius 2 is 1.81 bits per heavy atom. The zero-order valence-electron chi connectivity index (χ0n) is 14.2. The van der Waals surface area contributed by atoms with E-state index in [9.17, 15) is 13.2 Å². The Kier molecular flexibility index (Phi) is 5.34. The molecule has 27 heavy (non-hydrogen) atoms. The molecule has 3 aromatic rings. The Morgan fingerprint density at radius 3 is 2.56 bits per heavy atom. The van der Waals surface area contributed by atoms with E-state index in [0.29, 0.717) is 23.1 Å². The van der Waals surface area contributed by atoms with Gasteiger partial charge in [-0.1, -0.05) is 12.1 Å². The fourth-order valence-electron chi connectivity index (χ4n) is 2.23. The lowest BCUT2D eigenvalue weighted by atomic mass is 10.2. The van der Waals surface area contributed by atoms with Crippen molar-refractivity contribution in [1.29, 1.82) is 0 Å². The molecule has 0 aliphatic rings. The summed E-state index contributed by atoms with van der Waals surface area (Å²) < 4.78 is 42.4. The number of rotatable bonds is 6. The molecule has 0 bridgehead atoms. The van der Waals surface area contributed by atoms with Crippen LogP contribution in [0.4, 0.5) is 36.3 Å². The van der Waals surface area contributed by atoms with E-state index < -0.39 is 12.8 Å². The average molecular weight is 376 g/mol. The molecule has 0 radical (unpaired) electrons. The van der Waals surface area contributed by atoms with Crippen LogP contribution in [0.1, 0.15) is 0 Å². The van der Waals surface area contributed by atoms with Crippen LogP contribution in [0.15, 0.2) is 55.2 Å². The van der Waals surface area contributed by atoms with Crippen molar-refractivity contribution in [3.8, 4) is 5.75 Å². The van der Waals surface area contributed by atoms with Crippen LogP contribution in [0.25, 0.3) is 0 Å². The summed E-state index contributed by atoms with van der Waals surface area (Å²) in [6, 6.07) is 9.73. The minimum absolute atomic E-state index is 0.0984. The molecule has 0 aliphatic carbocycles. The zero-order valence-corrected chi connectivity index (χ0v) is 14.2. The van der Waals surface area contributed by atoms with Crippen molar-refractivity contribution in [1.82, 2.24) is 19.9 Å². The Balaban J connectivity index is 1.82. The third-order valence-electron chi connectivity index (χ3n) is 3.45. The van der Waals surface area contributed by atoms with Gasteiger partial charge >= 0.3 is 6.18 Å². The maximum absolute atomic E-state index is 12.5. The number of hydrogen-bond donors (Lipinski definition) is 1. The van der Waals surface area contributed by atoms with Crippen LogP contribution < -0.4 is 15.0 Å².